The number of primary amides is 1. The standard InChI is InChI=1S/C12H24N4O/c1-16-9-3-2-4-10(16)6-8(5-9)15-7-11(13)12(14)17/h8-11,15H,2-7,13H2,1H3,(H2,14,17). The molecule has 3 unspecified atom stereocenters. The number of hydrogen-bond acceptors (Lipinski definition) is 4. The molecule has 5 N–H and O–H groups in total. The molecule has 0 aromatic heterocycles. The van der Waals surface area contributed by atoms with Crippen LogP contribution in [-0.4, -0.2) is 48.6 Å². The fourth-order valence-electron chi connectivity index (χ4n) is 3.18. The van der Waals surface area contributed by atoms with Gasteiger partial charge in [-0.1, -0.05) is 6.42 Å². The first-order valence-corrected chi connectivity index (χ1v) is 6.58. The first-order chi connectivity index (χ1) is 8.08. The molecule has 2 bridgehead atoms. The Bertz CT molecular complexity index is 270. The van der Waals surface area contributed by atoms with Gasteiger partial charge in [-0.05, 0) is 32.7 Å². The van der Waals surface area contributed by atoms with Gasteiger partial charge >= 0.3 is 0 Å². The number of rotatable bonds is 4. The third kappa shape index (κ3) is 2.97. The number of fused-ring (bicyclic) bond motifs is 2. The van der Waals surface area contributed by atoms with Gasteiger partial charge in [-0.15, -0.1) is 0 Å². The number of nitrogens with zero attached hydrogens (tertiary/aromatic N) is 1. The lowest BCUT2D eigenvalue weighted by Crippen LogP contribution is -2.56. The van der Waals surface area contributed by atoms with Crippen LogP contribution in [0.25, 0.3) is 0 Å². The van der Waals surface area contributed by atoms with Crippen LogP contribution in [0.1, 0.15) is 32.1 Å². The molecule has 98 valence electrons. The minimum Gasteiger partial charge on any atom is -0.368 e. The zero-order valence-corrected chi connectivity index (χ0v) is 10.6. The molecule has 0 spiro atoms. The Hall–Kier alpha value is -0.650. The molecule has 0 radical (unpaired) electrons. The van der Waals surface area contributed by atoms with Crippen LogP contribution in [0.2, 0.25) is 0 Å². The molecule has 1 amide bonds. The van der Waals surface area contributed by atoms with Crippen LogP contribution in [0.3, 0.4) is 0 Å². The van der Waals surface area contributed by atoms with E-state index < -0.39 is 11.9 Å². The largest absolute Gasteiger partial charge is 0.368 e. The molecule has 0 aromatic rings. The Kier molecular flexibility index (Phi) is 4.01. The molecule has 2 aliphatic heterocycles. The van der Waals surface area contributed by atoms with Crippen LogP contribution in [0.15, 0.2) is 0 Å². The molecule has 5 heteroatoms. The van der Waals surface area contributed by atoms with Crippen molar-refractivity contribution in [3.63, 3.8) is 0 Å². The Morgan fingerprint density at radius 1 is 1.41 bits per heavy atom. The van der Waals surface area contributed by atoms with Crippen molar-refractivity contribution >= 4 is 5.91 Å². The average molecular weight is 240 g/mol. The maximum atomic E-state index is 10.9. The van der Waals surface area contributed by atoms with Crippen molar-refractivity contribution in [2.24, 2.45) is 11.5 Å². The summed E-state index contributed by atoms with van der Waals surface area (Å²) in [4.78, 5) is 13.4. The summed E-state index contributed by atoms with van der Waals surface area (Å²) in [6.45, 7) is 0.503. The summed E-state index contributed by atoms with van der Waals surface area (Å²) in [5, 5.41) is 3.40. The van der Waals surface area contributed by atoms with E-state index in [1.54, 1.807) is 0 Å². The summed E-state index contributed by atoms with van der Waals surface area (Å²) in [5.41, 5.74) is 10.8. The predicted octanol–water partition coefficient (Wildman–Crippen LogP) is -0.596. The zero-order valence-electron chi connectivity index (χ0n) is 10.6. The van der Waals surface area contributed by atoms with Gasteiger partial charge in [-0.3, -0.25) is 4.79 Å². The number of nitrogens with one attached hydrogen (secondary N) is 1. The van der Waals surface area contributed by atoms with Gasteiger partial charge in [0.2, 0.25) is 5.91 Å². The van der Waals surface area contributed by atoms with Crippen LogP contribution in [-0.2, 0) is 4.79 Å². The topological polar surface area (TPSA) is 84.4 Å². The molecule has 0 saturated carbocycles. The maximum absolute atomic E-state index is 10.9. The fourth-order valence-corrected chi connectivity index (χ4v) is 3.18. The normalized spacial score (nSPS) is 35.5. The number of carbonyl (C=O) groups excluding carboxylic acids is 1. The highest BCUT2D eigenvalue weighted by atomic mass is 16.1. The predicted molar refractivity (Wildman–Crippen MR) is 67.4 cm³/mol. The lowest BCUT2D eigenvalue weighted by atomic mass is 9.82. The maximum Gasteiger partial charge on any atom is 0.235 e. The monoisotopic (exact) mass is 240 g/mol. The van der Waals surface area contributed by atoms with E-state index in [1.807, 2.05) is 0 Å². The van der Waals surface area contributed by atoms with Crippen LogP contribution < -0.4 is 16.8 Å². The van der Waals surface area contributed by atoms with Crippen molar-refractivity contribution < 1.29 is 4.79 Å². The Labute approximate surface area is 103 Å². The van der Waals surface area contributed by atoms with Crippen molar-refractivity contribution in [2.75, 3.05) is 13.6 Å². The van der Waals surface area contributed by atoms with Gasteiger partial charge in [0.25, 0.3) is 0 Å². The van der Waals surface area contributed by atoms with E-state index in [0.717, 1.165) is 0 Å². The minimum atomic E-state index is -0.561. The van der Waals surface area contributed by atoms with Crippen molar-refractivity contribution in [3.05, 3.63) is 0 Å². The summed E-state index contributed by atoms with van der Waals surface area (Å²) in [7, 11) is 2.24. The average Bonchev–Trinajstić information content (AvgIpc) is 2.26. The van der Waals surface area contributed by atoms with E-state index >= 15 is 0 Å². The highest BCUT2D eigenvalue weighted by molar-refractivity contribution is 5.79. The van der Waals surface area contributed by atoms with Gasteiger partial charge in [-0.25, -0.2) is 0 Å². The molecule has 0 aliphatic carbocycles. The van der Waals surface area contributed by atoms with Gasteiger partial charge in [0.05, 0.1) is 6.04 Å². The Morgan fingerprint density at radius 2 is 2.00 bits per heavy atom. The quantitative estimate of drug-likeness (QED) is 0.613. The summed E-state index contributed by atoms with van der Waals surface area (Å²) in [6.07, 6.45) is 6.28. The summed E-state index contributed by atoms with van der Waals surface area (Å²) in [6, 6.07) is 1.33. The lowest BCUT2D eigenvalue weighted by Gasteiger charge is -2.47. The van der Waals surface area contributed by atoms with Gasteiger partial charge in [0.1, 0.15) is 0 Å². The van der Waals surface area contributed by atoms with Crippen LogP contribution >= 0.6 is 0 Å². The van der Waals surface area contributed by atoms with Crippen LogP contribution in [0, 0.1) is 0 Å². The first kappa shape index (κ1) is 12.8. The highest BCUT2D eigenvalue weighted by Gasteiger charge is 2.35. The zero-order chi connectivity index (χ0) is 12.4. The number of nitrogens with two attached hydrogens (primary N) is 2. The van der Waals surface area contributed by atoms with E-state index in [-0.39, 0.29) is 0 Å². The van der Waals surface area contributed by atoms with E-state index in [0.29, 0.717) is 24.7 Å². The molecule has 2 rings (SSSR count). The third-order valence-corrected chi connectivity index (χ3v) is 4.33. The minimum absolute atomic E-state index is 0.425. The molecule has 5 nitrogen and oxygen atoms in total. The molecule has 2 fully saturated rings. The SMILES string of the molecule is CN1C2CCCC1CC(NCC(N)C(N)=O)C2. The van der Waals surface area contributed by atoms with Crippen LogP contribution in [0.5, 0.6) is 0 Å². The van der Waals surface area contributed by atoms with Gasteiger partial charge in [-0.2, -0.15) is 0 Å². The highest BCUT2D eigenvalue weighted by Crippen LogP contribution is 2.32. The number of amides is 1. The molecular weight excluding hydrogens is 216 g/mol. The Balaban J connectivity index is 1.81. The lowest BCUT2D eigenvalue weighted by molar-refractivity contribution is -0.119. The van der Waals surface area contributed by atoms with Crippen molar-refractivity contribution in [1.82, 2.24) is 10.2 Å². The molecule has 3 atom stereocenters. The second-order valence-electron chi connectivity index (χ2n) is 5.49. The van der Waals surface area contributed by atoms with E-state index in [9.17, 15) is 4.79 Å². The van der Waals surface area contributed by atoms with Gasteiger partial charge in [0, 0.05) is 24.7 Å². The first-order valence-electron chi connectivity index (χ1n) is 6.58. The third-order valence-electron chi connectivity index (χ3n) is 4.33. The van der Waals surface area contributed by atoms with Crippen molar-refractivity contribution in [3.8, 4) is 0 Å². The molecule has 17 heavy (non-hydrogen) atoms. The van der Waals surface area contributed by atoms with E-state index in [2.05, 4.69) is 17.3 Å². The van der Waals surface area contributed by atoms with Gasteiger partial charge < -0.3 is 21.7 Å². The molecular formula is C12H24N4O. The summed E-state index contributed by atoms with van der Waals surface area (Å²) in [5.74, 6) is -0.425. The summed E-state index contributed by atoms with van der Waals surface area (Å²) >= 11 is 0. The second kappa shape index (κ2) is 5.33. The molecule has 2 aliphatic rings. The van der Waals surface area contributed by atoms with Crippen LogP contribution in [0.4, 0.5) is 0 Å². The second-order valence-corrected chi connectivity index (χ2v) is 5.49. The molecule has 2 heterocycles. The number of piperidine rings is 2. The van der Waals surface area contributed by atoms with Crippen molar-refractivity contribution in [2.45, 2.75) is 56.3 Å². The molecule has 0 aromatic carbocycles. The number of carbonyl (C=O) groups is 1. The van der Waals surface area contributed by atoms with E-state index in [1.165, 1.54) is 32.1 Å². The Morgan fingerprint density at radius 3 is 2.53 bits per heavy atom. The van der Waals surface area contributed by atoms with Crippen molar-refractivity contribution in [1.29, 1.82) is 0 Å². The number of hydrogen-bond donors (Lipinski definition) is 3. The smallest absolute Gasteiger partial charge is 0.235 e. The summed E-state index contributed by atoms with van der Waals surface area (Å²) < 4.78 is 0. The molecule has 2 saturated heterocycles. The van der Waals surface area contributed by atoms with Gasteiger partial charge in [0.15, 0.2) is 0 Å². The fraction of sp³-hybridized carbons (Fsp3) is 0.917. The van der Waals surface area contributed by atoms with E-state index in [4.69, 9.17) is 11.5 Å².